The summed E-state index contributed by atoms with van der Waals surface area (Å²) < 4.78 is 30.4. The quantitative estimate of drug-likeness (QED) is 0.329. The third kappa shape index (κ3) is 4.44. The Balaban J connectivity index is 1.20. The van der Waals surface area contributed by atoms with Crippen molar-refractivity contribution in [1.82, 2.24) is 33.6 Å². The number of alkyl halides is 2. The highest BCUT2D eigenvalue weighted by Crippen LogP contribution is 2.59. The zero-order valence-corrected chi connectivity index (χ0v) is 23.0. The van der Waals surface area contributed by atoms with E-state index in [-0.39, 0.29) is 48.8 Å². The van der Waals surface area contributed by atoms with Crippen molar-refractivity contribution in [3.63, 3.8) is 0 Å². The number of piperidine rings is 1. The topological polar surface area (TPSA) is 150 Å². The summed E-state index contributed by atoms with van der Waals surface area (Å²) in [4.78, 5) is 70.3. The molecular weight excluding hydrogens is 552 g/mol. The number of imidazole rings is 1. The van der Waals surface area contributed by atoms with E-state index in [0.717, 1.165) is 4.57 Å². The second-order valence-corrected chi connectivity index (χ2v) is 10.6. The van der Waals surface area contributed by atoms with Crippen LogP contribution in [-0.4, -0.2) is 64.3 Å². The summed E-state index contributed by atoms with van der Waals surface area (Å²) in [6.07, 6.45) is 4.48. The van der Waals surface area contributed by atoms with Gasteiger partial charge in [0.25, 0.3) is 11.5 Å². The molecule has 0 spiro atoms. The fourth-order valence-corrected chi connectivity index (χ4v) is 5.33. The summed E-state index contributed by atoms with van der Waals surface area (Å²) in [5.74, 6) is -3.87. The number of nitrogens with zero attached hydrogens (tertiary/aromatic N) is 8. The van der Waals surface area contributed by atoms with Crippen LogP contribution in [0.5, 0.6) is 0 Å². The standard InChI is InChI=1S/C27H27F2N9O4/c1-4-15(39)10-37-25(41)22-23(35(3)26(37)42)32-13-38(22)14(2)24(40)34-20-7-5-6-18(33-20)19-8-31-21(9-30-19)36-11-16-17(12-36)27(16,28)29/h5-9,13-14,16-17H,4,10-12H2,1-3H3,(H,33,34,40). The average Bonchev–Trinajstić information content (AvgIpc) is 3.41. The molecule has 4 aromatic heterocycles. The van der Waals surface area contributed by atoms with E-state index in [2.05, 4.69) is 25.3 Å². The fraction of sp³-hybridized carbons (Fsp3) is 0.407. The van der Waals surface area contributed by atoms with Crippen LogP contribution in [0, 0.1) is 11.8 Å². The molecule has 1 N–H and O–H groups in total. The van der Waals surface area contributed by atoms with E-state index in [9.17, 15) is 28.0 Å². The van der Waals surface area contributed by atoms with E-state index >= 15 is 0 Å². The summed E-state index contributed by atoms with van der Waals surface area (Å²) in [5, 5.41) is 2.72. The summed E-state index contributed by atoms with van der Waals surface area (Å²) >= 11 is 0. The van der Waals surface area contributed by atoms with Crippen LogP contribution >= 0.6 is 0 Å². The number of hydrogen-bond acceptors (Lipinski definition) is 9. The van der Waals surface area contributed by atoms with Crippen LogP contribution in [0.1, 0.15) is 26.3 Å². The van der Waals surface area contributed by atoms with Crippen molar-refractivity contribution in [2.75, 3.05) is 23.3 Å². The highest BCUT2D eigenvalue weighted by Gasteiger charge is 2.71. The molecule has 3 unspecified atom stereocenters. The van der Waals surface area contributed by atoms with E-state index in [1.165, 1.54) is 34.9 Å². The van der Waals surface area contributed by atoms with Crippen LogP contribution < -0.4 is 21.5 Å². The molecule has 2 fully saturated rings. The summed E-state index contributed by atoms with van der Waals surface area (Å²) in [7, 11) is 1.44. The van der Waals surface area contributed by atoms with Gasteiger partial charge in [-0.25, -0.2) is 33.5 Å². The van der Waals surface area contributed by atoms with E-state index in [1.807, 2.05) is 0 Å². The first-order valence-corrected chi connectivity index (χ1v) is 13.4. The fourth-order valence-electron chi connectivity index (χ4n) is 5.33. The van der Waals surface area contributed by atoms with Crippen molar-refractivity contribution in [3.05, 3.63) is 57.8 Å². The molecule has 2 aliphatic rings. The minimum atomic E-state index is -2.58. The zero-order chi connectivity index (χ0) is 29.9. The molecule has 6 rings (SSSR count). The number of carbonyl (C=O) groups excluding carboxylic acids is 2. The number of halogens is 2. The van der Waals surface area contributed by atoms with Gasteiger partial charge in [0.05, 0.1) is 42.8 Å². The lowest BCUT2D eigenvalue weighted by molar-refractivity contribution is -0.120. The second-order valence-electron chi connectivity index (χ2n) is 10.6. The second kappa shape index (κ2) is 9.92. The molecule has 1 saturated heterocycles. The molecule has 4 aromatic rings. The highest BCUT2D eigenvalue weighted by atomic mass is 19.3. The van der Waals surface area contributed by atoms with Crippen molar-refractivity contribution in [2.24, 2.45) is 18.9 Å². The van der Waals surface area contributed by atoms with Gasteiger partial charge in [0.15, 0.2) is 16.9 Å². The first-order chi connectivity index (χ1) is 20.0. The average molecular weight is 580 g/mol. The monoisotopic (exact) mass is 579 g/mol. The van der Waals surface area contributed by atoms with E-state index in [0.29, 0.717) is 17.2 Å². The number of Topliss-reactive ketones (excluding diaryl/α,β-unsaturated/α-hetero) is 1. The van der Waals surface area contributed by atoms with Crippen LogP contribution in [0.2, 0.25) is 0 Å². The third-order valence-electron chi connectivity index (χ3n) is 8.01. The number of rotatable bonds is 8. The lowest BCUT2D eigenvalue weighted by Gasteiger charge is -2.20. The molecule has 218 valence electrons. The van der Waals surface area contributed by atoms with Gasteiger partial charge >= 0.3 is 5.69 Å². The van der Waals surface area contributed by atoms with Gasteiger partial charge in [0.1, 0.15) is 23.4 Å². The van der Waals surface area contributed by atoms with Gasteiger partial charge < -0.3 is 14.8 Å². The van der Waals surface area contributed by atoms with Crippen molar-refractivity contribution in [2.45, 2.75) is 38.8 Å². The summed E-state index contributed by atoms with van der Waals surface area (Å²) in [5.41, 5.74) is -0.421. The van der Waals surface area contributed by atoms with Crippen LogP contribution in [0.3, 0.4) is 0 Å². The summed E-state index contributed by atoms with van der Waals surface area (Å²) in [6.45, 7) is 3.32. The van der Waals surface area contributed by atoms with E-state index in [4.69, 9.17) is 0 Å². The van der Waals surface area contributed by atoms with Crippen LogP contribution in [0.4, 0.5) is 20.4 Å². The molecule has 1 amide bonds. The lowest BCUT2D eigenvalue weighted by Crippen LogP contribution is -2.41. The number of amides is 1. The van der Waals surface area contributed by atoms with E-state index in [1.54, 1.807) is 36.9 Å². The van der Waals surface area contributed by atoms with Crippen LogP contribution in [0.15, 0.2) is 46.5 Å². The molecule has 0 radical (unpaired) electrons. The predicted octanol–water partition coefficient (Wildman–Crippen LogP) is 1.63. The SMILES string of the molecule is CCC(=O)Cn1c(=O)c2c(ncn2C(C)C(=O)Nc2cccc(-c3cnc(N4CC5C(C4)C5(F)F)cn3)n2)n(C)c1=O. The molecule has 1 aliphatic carbocycles. The number of anilines is 2. The Morgan fingerprint density at radius 3 is 2.50 bits per heavy atom. The Bertz CT molecular complexity index is 1830. The van der Waals surface area contributed by atoms with Crippen molar-refractivity contribution in [1.29, 1.82) is 0 Å². The van der Waals surface area contributed by atoms with E-state index < -0.39 is 41.0 Å². The maximum atomic E-state index is 13.5. The van der Waals surface area contributed by atoms with Crippen LogP contribution in [-0.2, 0) is 23.2 Å². The Kier molecular flexibility index (Phi) is 6.46. The Hall–Kier alpha value is -4.82. The van der Waals surface area contributed by atoms with Crippen LogP contribution in [0.25, 0.3) is 22.6 Å². The molecule has 1 aliphatic heterocycles. The molecule has 0 aromatic carbocycles. The Morgan fingerprint density at radius 1 is 1.10 bits per heavy atom. The Labute approximate surface area is 236 Å². The smallest absolute Gasteiger partial charge is 0.332 e. The maximum Gasteiger partial charge on any atom is 0.332 e. The molecule has 0 bridgehead atoms. The normalized spacial score (nSPS) is 19.5. The van der Waals surface area contributed by atoms with Gasteiger partial charge in [-0.2, -0.15) is 0 Å². The van der Waals surface area contributed by atoms with Gasteiger partial charge in [-0.05, 0) is 19.1 Å². The molecule has 15 heteroatoms. The first kappa shape index (κ1) is 27.4. The molecule has 5 heterocycles. The van der Waals surface area contributed by atoms with Gasteiger partial charge in [-0.1, -0.05) is 13.0 Å². The molecular formula is C27H27F2N9O4. The largest absolute Gasteiger partial charge is 0.354 e. The predicted molar refractivity (Wildman–Crippen MR) is 147 cm³/mol. The number of aryl methyl sites for hydroxylation is 1. The van der Waals surface area contributed by atoms with Crippen molar-refractivity contribution in [3.8, 4) is 11.4 Å². The number of nitrogens with one attached hydrogen (secondary N) is 1. The van der Waals surface area contributed by atoms with Gasteiger partial charge in [-0.3, -0.25) is 23.5 Å². The highest BCUT2D eigenvalue weighted by molar-refractivity contribution is 5.93. The van der Waals surface area contributed by atoms with Gasteiger partial charge in [0, 0.05) is 26.6 Å². The molecule has 3 atom stereocenters. The number of aromatic nitrogens is 7. The molecule has 1 saturated carbocycles. The number of pyridine rings is 1. The van der Waals surface area contributed by atoms with Crippen molar-refractivity contribution >= 4 is 34.5 Å². The lowest BCUT2D eigenvalue weighted by atomic mass is 10.2. The minimum Gasteiger partial charge on any atom is -0.354 e. The molecule has 42 heavy (non-hydrogen) atoms. The summed E-state index contributed by atoms with van der Waals surface area (Å²) in [6, 6.07) is 4.03. The maximum absolute atomic E-state index is 13.5. The third-order valence-corrected chi connectivity index (χ3v) is 8.01. The van der Waals surface area contributed by atoms with Crippen molar-refractivity contribution < 1.29 is 18.4 Å². The minimum absolute atomic E-state index is 0.0137. The number of hydrogen-bond donors (Lipinski definition) is 1. The molecule has 13 nitrogen and oxygen atoms in total. The Morgan fingerprint density at radius 2 is 1.83 bits per heavy atom. The van der Waals surface area contributed by atoms with Gasteiger partial charge in [-0.15, -0.1) is 0 Å². The zero-order valence-electron chi connectivity index (χ0n) is 23.0. The first-order valence-electron chi connectivity index (χ1n) is 13.4. The number of fused-ring (bicyclic) bond motifs is 2. The number of carbonyl (C=O) groups is 2. The number of ketones is 1. The van der Waals surface area contributed by atoms with Gasteiger partial charge in [0.2, 0.25) is 5.91 Å².